The number of carbonyl (C=O) groups excluding carboxylic acids is 2. The lowest BCUT2D eigenvalue weighted by atomic mass is 10.0. The van der Waals surface area contributed by atoms with Crippen molar-refractivity contribution in [2.45, 2.75) is 20.0 Å². The molecule has 0 atom stereocenters. The van der Waals surface area contributed by atoms with Crippen LogP contribution < -0.4 is 10.6 Å². The third kappa shape index (κ3) is 5.38. The Morgan fingerprint density at radius 3 is 2.30 bits per heavy atom. The number of hydrogen-bond donors (Lipinski definition) is 3. The highest BCUT2D eigenvalue weighted by atomic mass is 16.5. The average Bonchev–Trinajstić information content (AvgIpc) is 2.76. The van der Waals surface area contributed by atoms with Gasteiger partial charge in [0.2, 0.25) is 5.91 Å². The van der Waals surface area contributed by atoms with Gasteiger partial charge in [-0.15, -0.1) is 0 Å². The van der Waals surface area contributed by atoms with E-state index in [2.05, 4.69) is 15.4 Å². The summed E-state index contributed by atoms with van der Waals surface area (Å²) in [5.41, 5.74) is 4.92. The van der Waals surface area contributed by atoms with E-state index in [1.165, 1.54) is 14.0 Å². The van der Waals surface area contributed by atoms with Crippen molar-refractivity contribution in [1.82, 2.24) is 5.32 Å². The van der Waals surface area contributed by atoms with E-state index in [1.54, 1.807) is 18.2 Å². The normalized spacial score (nSPS) is 10.3. The summed E-state index contributed by atoms with van der Waals surface area (Å²) >= 11 is 0. The molecule has 3 aromatic rings. The Kier molecular flexibility index (Phi) is 6.70. The van der Waals surface area contributed by atoms with Crippen molar-refractivity contribution >= 4 is 17.6 Å². The molecule has 154 valence electrons. The lowest BCUT2D eigenvalue weighted by Crippen LogP contribution is -2.18. The molecule has 0 spiro atoms. The number of nitrogens with one attached hydrogen (secondary N) is 2. The topological polar surface area (TPSA) is 87.7 Å². The van der Waals surface area contributed by atoms with E-state index < -0.39 is 5.97 Å². The maximum atomic E-state index is 11.6. The Bertz CT molecular complexity index is 1060. The van der Waals surface area contributed by atoms with Crippen LogP contribution in [0.1, 0.15) is 28.4 Å². The summed E-state index contributed by atoms with van der Waals surface area (Å²) in [7, 11) is 1.28. The van der Waals surface area contributed by atoms with Crippen molar-refractivity contribution in [3.8, 4) is 16.9 Å². The second-order valence-electron chi connectivity index (χ2n) is 6.89. The Labute approximate surface area is 175 Å². The van der Waals surface area contributed by atoms with Gasteiger partial charge in [-0.25, -0.2) is 4.79 Å². The number of hydrogen-bond acceptors (Lipinski definition) is 5. The molecule has 0 fully saturated rings. The van der Waals surface area contributed by atoms with Crippen LogP contribution in [-0.2, 0) is 22.6 Å². The van der Waals surface area contributed by atoms with Gasteiger partial charge in [-0.3, -0.25) is 4.79 Å². The lowest BCUT2D eigenvalue weighted by Gasteiger charge is -2.11. The first-order valence-corrected chi connectivity index (χ1v) is 9.54. The number of benzene rings is 3. The molecule has 0 aliphatic heterocycles. The van der Waals surface area contributed by atoms with Crippen LogP contribution in [0.2, 0.25) is 0 Å². The van der Waals surface area contributed by atoms with E-state index in [9.17, 15) is 14.7 Å². The summed E-state index contributed by atoms with van der Waals surface area (Å²) < 4.78 is 4.66. The minimum absolute atomic E-state index is 0.0594. The van der Waals surface area contributed by atoms with Gasteiger partial charge in [0.15, 0.2) is 0 Å². The smallest absolute Gasteiger partial charge is 0.341 e. The molecule has 0 saturated carbocycles. The quantitative estimate of drug-likeness (QED) is 0.516. The highest BCUT2D eigenvalue weighted by molar-refractivity contribution is 5.93. The monoisotopic (exact) mass is 404 g/mol. The van der Waals surface area contributed by atoms with Crippen LogP contribution in [0.25, 0.3) is 11.1 Å². The summed E-state index contributed by atoms with van der Waals surface area (Å²) in [4.78, 5) is 22.7. The van der Waals surface area contributed by atoms with E-state index in [-0.39, 0.29) is 17.2 Å². The maximum absolute atomic E-state index is 11.6. The van der Waals surface area contributed by atoms with Crippen LogP contribution in [-0.4, -0.2) is 24.1 Å². The number of phenols is 1. The first-order valence-electron chi connectivity index (χ1n) is 9.54. The van der Waals surface area contributed by atoms with E-state index in [4.69, 9.17) is 0 Å². The summed E-state index contributed by atoms with van der Waals surface area (Å²) in [6.07, 6.45) is 0. The van der Waals surface area contributed by atoms with E-state index >= 15 is 0 Å². The zero-order valence-electron chi connectivity index (χ0n) is 16.9. The predicted molar refractivity (Wildman–Crippen MR) is 116 cm³/mol. The number of phenolic OH excluding ortho intramolecular Hbond substituents is 1. The maximum Gasteiger partial charge on any atom is 0.341 e. The number of rotatable bonds is 7. The molecule has 0 aromatic heterocycles. The van der Waals surface area contributed by atoms with Crippen LogP contribution >= 0.6 is 0 Å². The zero-order valence-corrected chi connectivity index (χ0v) is 16.9. The molecule has 3 rings (SSSR count). The molecular formula is C24H24N2O4. The zero-order chi connectivity index (χ0) is 21.5. The SMILES string of the molecule is COC(=O)c1ccc(-c2cccc(CNc3cccc(CNC(C)=O)c3)c2)cc1O. The number of carbonyl (C=O) groups is 2. The van der Waals surface area contributed by atoms with Crippen molar-refractivity contribution in [2.24, 2.45) is 0 Å². The second-order valence-corrected chi connectivity index (χ2v) is 6.89. The van der Waals surface area contributed by atoms with Crippen molar-refractivity contribution in [1.29, 1.82) is 0 Å². The van der Waals surface area contributed by atoms with Crippen LogP contribution in [0.3, 0.4) is 0 Å². The Hall–Kier alpha value is -3.80. The lowest BCUT2D eigenvalue weighted by molar-refractivity contribution is -0.119. The predicted octanol–water partition coefficient (Wildman–Crippen LogP) is 4.09. The van der Waals surface area contributed by atoms with Gasteiger partial charge >= 0.3 is 5.97 Å². The molecule has 3 N–H and O–H groups in total. The molecule has 6 heteroatoms. The molecule has 0 unspecified atom stereocenters. The fourth-order valence-electron chi connectivity index (χ4n) is 3.08. The number of esters is 1. The molecule has 0 saturated heterocycles. The first-order chi connectivity index (χ1) is 14.5. The molecule has 0 aliphatic rings. The highest BCUT2D eigenvalue weighted by Crippen LogP contribution is 2.27. The van der Waals surface area contributed by atoms with Gasteiger partial charge in [-0.05, 0) is 52.6 Å². The average molecular weight is 404 g/mol. The molecule has 1 amide bonds. The number of amides is 1. The number of aromatic hydroxyl groups is 1. The van der Waals surface area contributed by atoms with Crippen LogP contribution in [0.15, 0.2) is 66.7 Å². The van der Waals surface area contributed by atoms with E-state index in [0.29, 0.717) is 13.1 Å². The molecule has 0 aliphatic carbocycles. The summed E-state index contributed by atoms with van der Waals surface area (Å²) in [6.45, 7) is 2.60. The van der Waals surface area contributed by atoms with Crippen molar-refractivity contribution in [3.63, 3.8) is 0 Å². The second kappa shape index (κ2) is 9.60. The first kappa shape index (κ1) is 20.9. The molecule has 0 radical (unpaired) electrons. The number of anilines is 1. The van der Waals surface area contributed by atoms with Crippen molar-refractivity contribution in [3.05, 3.63) is 83.4 Å². The van der Waals surface area contributed by atoms with Crippen LogP contribution in [0.4, 0.5) is 5.69 Å². The molecule has 3 aromatic carbocycles. The largest absolute Gasteiger partial charge is 0.507 e. The molecular weight excluding hydrogens is 380 g/mol. The van der Waals surface area contributed by atoms with Gasteiger partial charge in [0.1, 0.15) is 11.3 Å². The summed E-state index contributed by atoms with van der Waals surface area (Å²) in [5.74, 6) is -0.743. The molecule has 6 nitrogen and oxygen atoms in total. The van der Waals surface area contributed by atoms with Crippen LogP contribution in [0, 0.1) is 0 Å². The van der Waals surface area contributed by atoms with E-state index in [0.717, 1.165) is 27.9 Å². The van der Waals surface area contributed by atoms with Gasteiger partial charge in [0, 0.05) is 25.7 Å². The third-order valence-electron chi connectivity index (χ3n) is 4.63. The van der Waals surface area contributed by atoms with E-state index in [1.807, 2.05) is 48.5 Å². The Morgan fingerprint density at radius 2 is 1.60 bits per heavy atom. The fourth-order valence-corrected chi connectivity index (χ4v) is 3.08. The van der Waals surface area contributed by atoms with Gasteiger partial charge in [0.25, 0.3) is 0 Å². The summed E-state index contributed by atoms with van der Waals surface area (Å²) in [5, 5.41) is 16.3. The number of ether oxygens (including phenoxy) is 1. The highest BCUT2D eigenvalue weighted by Gasteiger charge is 2.12. The van der Waals surface area contributed by atoms with Gasteiger partial charge in [-0.2, -0.15) is 0 Å². The standard InChI is InChI=1S/C24H24N2O4/c1-16(27)25-14-18-6-4-8-21(12-18)26-15-17-5-3-7-19(11-17)20-9-10-22(23(28)13-20)24(29)30-2/h3-13,26,28H,14-15H2,1-2H3,(H,25,27). The van der Waals surface area contributed by atoms with Gasteiger partial charge in [-0.1, -0.05) is 36.4 Å². The van der Waals surface area contributed by atoms with Crippen LogP contribution in [0.5, 0.6) is 5.75 Å². The van der Waals surface area contributed by atoms with Crippen molar-refractivity contribution < 1.29 is 19.4 Å². The minimum Gasteiger partial charge on any atom is -0.507 e. The fraction of sp³-hybridized carbons (Fsp3) is 0.167. The third-order valence-corrected chi connectivity index (χ3v) is 4.63. The molecule has 0 heterocycles. The molecule has 30 heavy (non-hydrogen) atoms. The summed E-state index contributed by atoms with van der Waals surface area (Å²) in [6, 6.07) is 20.7. The minimum atomic E-state index is -0.572. The number of methoxy groups -OCH3 is 1. The van der Waals surface area contributed by atoms with Gasteiger partial charge in [0.05, 0.1) is 7.11 Å². The Balaban J connectivity index is 1.71. The van der Waals surface area contributed by atoms with Gasteiger partial charge < -0.3 is 20.5 Å². The van der Waals surface area contributed by atoms with Crippen molar-refractivity contribution in [2.75, 3.05) is 12.4 Å². The molecule has 0 bridgehead atoms. The Morgan fingerprint density at radius 1 is 0.900 bits per heavy atom.